The van der Waals surface area contributed by atoms with Crippen LogP contribution in [0.25, 0.3) is 10.9 Å². The lowest BCUT2D eigenvalue weighted by Crippen LogP contribution is -2.38. The van der Waals surface area contributed by atoms with Crippen molar-refractivity contribution in [1.82, 2.24) is 4.98 Å². The van der Waals surface area contributed by atoms with Crippen molar-refractivity contribution in [2.24, 2.45) is 0 Å². The molecule has 4 nitrogen and oxygen atoms in total. The van der Waals surface area contributed by atoms with Crippen LogP contribution >= 0.6 is 0 Å². The number of nitrogens with one attached hydrogen (secondary N) is 1. The van der Waals surface area contributed by atoms with E-state index < -0.39 is 17.2 Å². The quantitative estimate of drug-likeness (QED) is 0.679. The summed E-state index contributed by atoms with van der Waals surface area (Å²) in [6.45, 7) is 3.70. The molecule has 0 saturated heterocycles. The number of aromatic amines is 1. The predicted molar refractivity (Wildman–Crippen MR) is 86.8 cm³/mol. The van der Waals surface area contributed by atoms with Gasteiger partial charge in [0.25, 0.3) is 0 Å². The monoisotopic (exact) mass is 305 g/mol. The molecule has 0 radical (unpaired) electrons. The molecule has 1 aromatic heterocycles. The van der Waals surface area contributed by atoms with Crippen molar-refractivity contribution in [2.75, 3.05) is 0 Å². The summed E-state index contributed by atoms with van der Waals surface area (Å²) in [7, 11) is 0. The van der Waals surface area contributed by atoms with Gasteiger partial charge in [0, 0.05) is 33.3 Å². The van der Waals surface area contributed by atoms with Crippen molar-refractivity contribution in [3.8, 4) is 0 Å². The van der Waals surface area contributed by atoms with Crippen LogP contribution in [-0.2, 0) is 5.60 Å². The average Bonchev–Trinajstić information content (AvgIpc) is 2.96. The third-order valence-electron chi connectivity index (χ3n) is 4.58. The maximum Gasteiger partial charge on any atom is 0.218 e. The van der Waals surface area contributed by atoms with E-state index in [9.17, 15) is 14.7 Å². The SMILES string of the molecule is Cc1ccc2[nH]c(C)c(C3(O)C(=O)c4ccccc4C3=O)c2c1. The standard InChI is InChI=1S/C19H15NO3/c1-10-7-8-15-14(9-10)16(11(2)20-15)19(23)17(21)12-5-3-4-6-13(12)18(19)22/h3-9,20,23H,1-2H3. The molecule has 2 N–H and O–H groups in total. The Morgan fingerprint density at radius 1 is 0.957 bits per heavy atom. The van der Waals surface area contributed by atoms with Gasteiger partial charge in [0.1, 0.15) is 0 Å². The molecule has 0 unspecified atom stereocenters. The van der Waals surface area contributed by atoms with Gasteiger partial charge in [0.15, 0.2) is 0 Å². The van der Waals surface area contributed by atoms with Crippen LogP contribution in [-0.4, -0.2) is 21.7 Å². The summed E-state index contributed by atoms with van der Waals surface area (Å²) >= 11 is 0. The zero-order valence-corrected chi connectivity index (χ0v) is 12.8. The van der Waals surface area contributed by atoms with Crippen LogP contribution in [0.1, 0.15) is 37.5 Å². The summed E-state index contributed by atoms with van der Waals surface area (Å²) < 4.78 is 0. The number of carbonyl (C=O) groups is 2. The van der Waals surface area contributed by atoms with E-state index in [0.717, 1.165) is 11.1 Å². The van der Waals surface area contributed by atoms with E-state index in [2.05, 4.69) is 4.98 Å². The van der Waals surface area contributed by atoms with E-state index in [1.165, 1.54) is 0 Å². The Morgan fingerprint density at radius 2 is 1.57 bits per heavy atom. The van der Waals surface area contributed by atoms with Crippen LogP contribution in [0, 0.1) is 13.8 Å². The third kappa shape index (κ3) is 1.64. The summed E-state index contributed by atoms with van der Waals surface area (Å²) in [6, 6.07) is 12.3. The molecule has 23 heavy (non-hydrogen) atoms. The number of benzene rings is 2. The van der Waals surface area contributed by atoms with Crippen molar-refractivity contribution in [3.63, 3.8) is 0 Å². The molecule has 4 rings (SSSR count). The Labute approximate surface area is 132 Å². The average molecular weight is 305 g/mol. The van der Waals surface area contributed by atoms with E-state index >= 15 is 0 Å². The molecular formula is C19H15NO3. The zero-order chi connectivity index (χ0) is 16.4. The number of carbonyl (C=O) groups excluding carboxylic acids is 2. The third-order valence-corrected chi connectivity index (χ3v) is 4.58. The highest BCUT2D eigenvalue weighted by atomic mass is 16.3. The Bertz CT molecular complexity index is 962. The first-order valence-corrected chi connectivity index (χ1v) is 7.45. The lowest BCUT2D eigenvalue weighted by Gasteiger charge is -2.20. The maximum absolute atomic E-state index is 12.8. The molecule has 4 heteroatoms. The molecule has 0 saturated carbocycles. The lowest BCUT2D eigenvalue weighted by molar-refractivity contribution is 0.0324. The largest absolute Gasteiger partial charge is 0.370 e. The number of rotatable bonds is 1. The summed E-state index contributed by atoms with van der Waals surface area (Å²) in [4.78, 5) is 28.8. The maximum atomic E-state index is 12.8. The molecule has 1 aliphatic carbocycles. The normalized spacial score (nSPS) is 16.1. The second-order valence-electron chi connectivity index (χ2n) is 6.09. The Balaban J connectivity index is 2.05. The van der Waals surface area contributed by atoms with E-state index in [4.69, 9.17) is 0 Å². The first-order chi connectivity index (χ1) is 10.9. The molecule has 2 aromatic carbocycles. The van der Waals surface area contributed by atoms with Crippen LogP contribution in [0.3, 0.4) is 0 Å². The number of hydrogen-bond acceptors (Lipinski definition) is 3. The van der Waals surface area contributed by atoms with Crippen LogP contribution in [0.15, 0.2) is 42.5 Å². The number of fused-ring (bicyclic) bond motifs is 2. The molecule has 1 heterocycles. The second-order valence-corrected chi connectivity index (χ2v) is 6.09. The molecule has 0 aliphatic heterocycles. The van der Waals surface area contributed by atoms with Crippen LogP contribution in [0.5, 0.6) is 0 Å². The molecular weight excluding hydrogens is 290 g/mol. The van der Waals surface area contributed by atoms with Gasteiger partial charge >= 0.3 is 0 Å². The van der Waals surface area contributed by atoms with E-state index in [-0.39, 0.29) is 11.1 Å². The summed E-state index contributed by atoms with van der Waals surface area (Å²) in [5.41, 5.74) is 1.19. The number of H-pyrrole nitrogens is 1. The van der Waals surface area contributed by atoms with Gasteiger partial charge in [0.05, 0.1) is 0 Å². The Morgan fingerprint density at radius 3 is 2.17 bits per heavy atom. The highest BCUT2D eigenvalue weighted by molar-refractivity contribution is 6.32. The molecule has 114 valence electrons. The van der Waals surface area contributed by atoms with Crippen LogP contribution in [0.2, 0.25) is 0 Å². The summed E-state index contributed by atoms with van der Waals surface area (Å²) in [6.07, 6.45) is 0. The van der Waals surface area contributed by atoms with Crippen molar-refractivity contribution in [1.29, 1.82) is 0 Å². The van der Waals surface area contributed by atoms with Gasteiger partial charge in [-0.3, -0.25) is 9.59 Å². The number of aromatic nitrogens is 1. The molecule has 0 amide bonds. The minimum atomic E-state index is -2.15. The van der Waals surface area contributed by atoms with Crippen molar-refractivity contribution in [3.05, 3.63) is 70.4 Å². The fraction of sp³-hybridized carbons (Fsp3) is 0.158. The number of ketones is 2. The second kappa shape index (κ2) is 4.40. The number of aliphatic hydroxyl groups is 1. The first kappa shape index (κ1) is 13.9. The smallest absolute Gasteiger partial charge is 0.218 e. The minimum Gasteiger partial charge on any atom is -0.370 e. The van der Waals surface area contributed by atoms with Gasteiger partial charge in [-0.15, -0.1) is 0 Å². The highest BCUT2D eigenvalue weighted by Crippen LogP contribution is 2.42. The highest BCUT2D eigenvalue weighted by Gasteiger charge is 2.54. The number of Topliss-reactive ketones (excluding diaryl/α,β-unsaturated/α-hetero) is 2. The zero-order valence-electron chi connectivity index (χ0n) is 12.8. The van der Waals surface area contributed by atoms with Gasteiger partial charge in [-0.2, -0.15) is 0 Å². The van der Waals surface area contributed by atoms with Crippen molar-refractivity contribution in [2.45, 2.75) is 19.4 Å². The van der Waals surface area contributed by atoms with Crippen LogP contribution in [0.4, 0.5) is 0 Å². The number of aryl methyl sites for hydroxylation is 2. The molecule has 0 fully saturated rings. The van der Waals surface area contributed by atoms with E-state index in [1.807, 2.05) is 25.1 Å². The van der Waals surface area contributed by atoms with Crippen LogP contribution < -0.4 is 0 Å². The van der Waals surface area contributed by atoms with E-state index in [0.29, 0.717) is 16.6 Å². The summed E-state index contributed by atoms with van der Waals surface area (Å²) in [5.74, 6) is -1.10. The predicted octanol–water partition coefficient (Wildman–Crippen LogP) is 3.05. The lowest BCUT2D eigenvalue weighted by atomic mass is 9.86. The summed E-state index contributed by atoms with van der Waals surface area (Å²) in [5, 5.41) is 11.9. The van der Waals surface area contributed by atoms with Gasteiger partial charge in [-0.25, -0.2) is 0 Å². The fourth-order valence-corrected chi connectivity index (χ4v) is 3.51. The first-order valence-electron chi connectivity index (χ1n) is 7.45. The Hall–Kier alpha value is -2.72. The van der Waals surface area contributed by atoms with Gasteiger partial charge in [-0.05, 0) is 26.0 Å². The molecule has 3 aromatic rings. The van der Waals surface area contributed by atoms with Crippen molar-refractivity contribution < 1.29 is 14.7 Å². The molecule has 0 atom stereocenters. The van der Waals surface area contributed by atoms with E-state index in [1.54, 1.807) is 31.2 Å². The number of hydrogen-bond donors (Lipinski definition) is 2. The van der Waals surface area contributed by atoms with Gasteiger partial charge in [-0.1, -0.05) is 35.9 Å². The fourth-order valence-electron chi connectivity index (χ4n) is 3.51. The molecule has 1 aliphatic rings. The van der Waals surface area contributed by atoms with Gasteiger partial charge < -0.3 is 10.1 Å². The van der Waals surface area contributed by atoms with Crippen molar-refractivity contribution >= 4 is 22.5 Å². The van der Waals surface area contributed by atoms with Gasteiger partial charge in [0.2, 0.25) is 17.2 Å². The Kier molecular flexibility index (Phi) is 2.66. The topological polar surface area (TPSA) is 70.2 Å². The minimum absolute atomic E-state index is 0.279. The molecule has 0 bridgehead atoms. The molecule has 0 spiro atoms.